The molecule has 2 aliphatic rings. The molecule has 0 bridgehead atoms. The summed E-state index contributed by atoms with van der Waals surface area (Å²) in [6.07, 6.45) is -0.219. The van der Waals surface area contributed by atoms with Gasteiger partial charge in [-0.1, -0.05) is 0 Å². The Morgan fingerprint density at radius 1 is 1.23 bits per heavy atom. The van der Waals surface area contributed by atoms with Gasteiger partial charge in [0.25, 0.3) is 0 Å². The molecule has 146 valence electrons. The third-order valence-corrected chi connectivity index (χ3v) is 4.87. The number of ether oxygens (including phenoxy) is 1. The van der Waals surface area contributed by atoms with Crippen molar-refractivity contribution >= 4 is 11.8 Å². The molecule has 2 fully saturated rings. The van der Waals surface area contributed by atoms with Crippen molar-refractivity contribution in [1.29, 1.82) is 0 Å². The quantitative estimate of drug-likeness (QED) is 0.856. The van der Waals surface area contributed by atoms with Crippen LogP contribution in [0.4, 0.5) is 24.9 Å². The largest absolute Gasteiger partial charge is 0.433 e. The Bertz CT molecular complexity index is 597. The van der Waals surface area contributed by atoms with Crippen molar-refractivity contribution in [3.8, 4) is 0 Å². The van der Waals surface area contributed by atoms with Crippen LogP contribution in [0.15, 0.2) is 6.07 Å². The lowest BCUT2D eigenvalue weighted by Gasteiger charge is -2.33. The van der Waals surface area contributed by atoms with Crippen molar-refractivity contribution in [3.05, 3.63) is 11.8 Å². The SMILES string of the molecule is CN(C)c1cc(C(F)(F)F)nc(NC2CCN(CC3CCCO3)CC2)n1. The van der Waals surface area contributed by atoms with Gasteiger partial charge < -0.3 is 19.9 Å². The third-order valence-electron chi connectivity index (χ3n) is 4.87. The number of hydrogen-bond donors (Lipinski definition) is 1. The van der Waals surface area contributed by atoms with Gasteiger partial charge in [0.2, 0.25) is 5.95 Å². The fourth-order valence-corrected chi connectivity index (χ4v) is 3.39. The maximum absolute atomic E-state index is 13.1. The number of aromatic nitrogens is 2. The summed E-state index contributed by atoms with van der Waals surface area (Å²) < 4.78 is 44.9. The number of nitrogens with one attached hydrogen (secondary N) is 1. The van der Waals surface area contributed by atoms with Crippen molar-refractivity contribution < 1.29 is 17.9 Å². The molecule has 1 atom stereocenters. The molecule has 0 aromatic carbocycles. The van der Waals surface area contributed by atoms with E-state index in [2.05, 4.69) is 20.2 Å². The highest BCUT2D eigenvalue weighted by atomic mass is 19.4. The van der Waals surface area contributed by atoms with Crippen LogP contribution in [0.5, 0.6) is 0 Å². The summed E-state index contributed by atoms with van der Waals surface area (Å²) >= 11 is 0. The third kappa shape index (κ3) is 4.97. The first kappa shape index (κ1) is 19.2. The number of anilines is 2. The van der Waals surface area contributed by atoms with Crippen LogP contribution in [0.1, 0.15) is 31.4 Å². The van der Waals surface area contributed by atoms with Crippen LogP contribution in [-0.4, -0.2) is 67.4 Å². The van der Waals surface area contributed by atoms with Crippen LogP contribution in [0.3, 0.4) is 0 Å². The van der Waals surface area contributed by atoms with E-state index in [1.807, 2.05) is 0 Å². The number of halogens is 3. The molecule has 0 saturated carbocycles. The van der Waals surface area contributed by atoms with Gasteiger partial charge in [-0.05, 0) is 25.7 Å². The highest BCUT2D eigenvalue weighted by Gasteiger charge is 2.34. The zero-order valence-electron chi connectivity index (χ0n) is 15.2. The summed E-state index contributed by atoms with van der Waals surface area (Å²) in [7, 11) is 3.33. The Labute approximate surface area is 151 Å². The number of rotatable bonds is 5. The molecule has 0 aliphatic carbocycles. The molecule has 6 nitrogen and oxygen atoms in total. The Hall–Kier alpha value is -1.61. The van der Waals surface area contributed by atoms with Gasteiger partial charge in [0.15, 0.2) is 5.69 Å². The van der Waals surface area contributed by atoms with Gasteiger partial charge in [0.1, 0.15) is 5.82 Å². The van der Waals surface area contributed by atoms with Gasteiger partial charge in [-0.25, -0.2) is 4.98 Å². The summed E-state index contributed by atoms with van der Waals surface area (Å²) in [5.41, 5.74) is -0.922. The Balaban J connectivity index is 1.59. The van der Waals surface area contributed by atoms with Gasteiger partial charge in [-0.3, -0.25) is 0 Å². The molecule has 26 heavy (non-hydrogen) atoms. The first-order chi connectivity index (χ1) is 12.3. The first-order valence-corrected chi connectivity index (χ1v) is 9.05. The number of likely N-dealkylation sites (tertiary alicyclic amines) is 1. The zero-order chi connectivity index (χ0) is 18.7. The highest BCUT2D eigenvalue weighted by Crippen LogP contribution is 2.30. The van der Waals surface area contributed by atoms with Crippen molar-refractivity contribution in [1.82, 2.24) is 14.9 Å². The lowest BCUT2D eigenvalue weighted by Crippen LogP contribution is -2.42. The molecule has 9 heteroatoms. The van der Waals surface area contributed by atoms with E-state index in [4.69, 9.17) is 4.74 Å². The minimum Gasteiger partial charge on any atom is -0.377 e. The van der Waals surface area contributed by atoms with Crippen molar-refractivity contribution in [2.75, 3.05) is 50.6 Å². The average Bonchev–Trinajstić information content (AvgIpc) is 3.08. The molecule has 1 N–H and O–H groups in total. The summed E-state index contributed by atoms with van der Waals surface area (Å²) in [6.45, 7) is 3.59. The number of alkyl halides is 3. The van der Waals surface area contributed by atoms with E-state index in [1.165, 1.54) is 0 Å². The van der Waals surface area contributed by atoms with Crippen LogP contribution in [0.2, 0.25) is 0 Å². The number of nitrogens with zero attached hydrogens (tertiary/aromatic N) is 4. The van der Waals surface area contributed by atoms with Gasteiger partial charge in [0.05, 0.1) is 6.10 Å². The van der Waals surface area contributed by atoms with E-state index in [0.29, 0.717) is 6.10 Å². The van der Waals surface area contributed by atoms with Crippen molar-refractivity contribution in [2.45, 2.75) is 44.0 Å². The zero-order valence-corrected chi connectivity index (χ0v) is 15.2. The second-order valence-electron chi connectivity index (χ2n) is 7.18. The average molecular weight is 373 g/mol. The molecule has 1 aromatic heterocycles. The Morgan fingerprint density at radius 3 is 2.54 bits per heavy atom. The smallest absolute Gasteiger partial charge is 0.377 e. The van der Waals surface area contributed by atoms with Crippen LogP contribution in [0, 0.1) is 0 Å². The van der Waals surface area contributed by atoms with Crippen LogP contribution >= 0.6 is 0 Å². The van der Waals surface area contributed by atoms with Crippen molar-refractivity contribution in [3.63, 3.8) is 0 Å². The number of piperidine rings is 1. The fraction of sp³-hybridized carbons (Fsp3) is 0.765. The van der Waals surface area contributed by atoms with Crippen LogP contribution < -0.4 is 10.2 Å². The maximum atomic E-state index is 13.1. The lowest BCUT2D eigenvalue weighted by atomic mass is 10.0. The second kappa shape index (κ2) is 7.96. The normalized spacial score (nSPS) is 22.6. The first-order valence-electron chi connectivity index (χ1n) is 9.05. The molecule has 0 spiro atoms. The fourth-order valence-electron chi connectivity index (χ4n) is 3.39. The van der Waals surface area contributed by atoms with E-state index < -0.39 is 11.9 Å². The van der Waals surface area contributed by atoms with Gasteiger partial charge in [-0.2, -0.15) is 18.2 Å². The summed E-state index contributed by atoms with van der Waals surface area (Å²) in [5, 5.41) is 3.10. The van der Waals surface area contributed by atoms with Gasteiger partial charge in [0, 0.05) is 52.4 Å². The predicted molar refractivity (Wildman–Crippen MR) is 93.4 cm³/mol. The maximum Gasteiger partial charge on any atom is 0.433 e. The second-order valence-corrected chi connectivity index (χ2v) is 7.18. The Morgan fingerprint density at radius 2 is 1.96 bits per heavy atom. The molecule has 3 heterocycles. The van der Waals surface area contributed by atoms with Gasteiger partial charge >= 0.3 is 6.18 Å². The van der Waals surface area contributed by atoms with E-state index >= 15 is 0 Å². The predicted octanol–water partition coefficient (Wildman–Crippen LogP) is 2.62. The molecule has 1 aromatic rings. The summed E-state index contributed by atoms with van der Waals surface area (Å²) in [6, 6.07) is 1.05. The van der Waals surface area contributed by atoms with E-state index in [0.717, 1.165) is 58.0 Å². The minimum atomic E-state index is -4.49. The standard InChI is InChI=1S/C17H26F3N5O/c1-24(2)15-10-14(17(18,19)20)22-16(23-15)21-12-5-7-25(8-6-12)11-13-4-3-9-26-13/h10,12-13H,3-9,11H2,1-2H3,(H,21,22,23). The lowest BCUT2D eigenvalue weighted by molar-refractivity contribution is -0.141. The summed E-state index contributed by atoms with van der Waals surface area (Å²) in [4.78, 5) is 11.8. The summed E-state index contributed by atoms with van der Waals surface area (Å²) in [5.74, 6) is 0.284. The van der Waals surface area contributed by atoms with Crippen LogP contribution in [-0.2, 0) is 10.9 Å². The van der Waals surface area contributed by atoms with E-state index in [1.54, 1.807) is 19.0 Å². The monoisotopic (exact) mass is 373 g/mol. The molecule has 2 aliphatic heterocycles. The number of hydrogen-bond acceptors (Lipinski definition) is 6. The Kier molecular flexibility index (Phi) is 5.86. The molecule has 3 rings (SSSR count). The molecule has 1 unspecified atom stereocenters. The van der Waals surface area contributed by atoms with Crippen molar-refractivity contribution in [2.24, 2.45) is 0 Å². The molecular weight excluding hydrogens is 347 g/mol. The molecular formula is C17H26F3N5O. The highest BCUT2D eigenvalue weighted by molar-refractivity contribution is 5.44. The molecule has 2 saturated heterocycles. The molecule has 0 radical (unpaired) electrons. The molecule has 0 amide bonds. The van der Waals surface area contributed by atoms with E-state index in [-0.39, 0.29) is 17.8 Å². The van der Waals surface area contributed by atoms with Gasteiger partial charge in [-0.15, -0.1) is 0 Å². The minimum absolute atomic E-state index is 0.0427. The van der Waals surface area contributed by atoms with E-state index in [9.17, 15) is 13.2 Å². The van der Waals surface area contributed by atoms with Crippen LogP contribution in [0.25, 0.3) is 0 Å². The topological polar surface area (TPSA) is 53.5 Å².